The Kier molecular flexibility index (Phi) is 4.74. The van der Waals surface area contributed by atoms with Gasteiger partial charge in [-0.2, -0.15) is 5.10 Å². The molecule has 0 saturated carbocycles. The van der Waals surface area contributed by atoms with E-state index in [0.717, 1.165) is 34.8 Å². The number of aromatic nitrogens is 4. The van der Waals surface area contributed by atoms with Gasteiger partial charge in [0, 0.05) is 24.0 Å². The lowest BCUT2D eigenvalue weighted by Gasteiger charge is -2.12. The van der Waals surface area contributed by atoms with E-state index >= 15 is 0 Å². The zero-order valence-electron chi connectivity index (χ0n) is 14.1. The second kappa shape index (κ2) is 7.12. The molecule has 0 aliphatic heterocycles. The number of hydrogen-bond acceptors (Lipinski definition) is 5. The minimum absolute atomic E-state index is 0.622. The Morgan fingerprint density at radius 2 is 1.75 bits per heavy atom. The number of anilines is 1. The summed E-state index contributed by atoms with van der Waals surface area (Å²) in [5, 5.41) is 10.1. The molecule has 0 spiro atoms. The van der Waals surface area contributed by atoms with E-state index in [9.17, 15) is 0 Å². The van der Waals surface area contributed by atoms with Gasteiger partial charge in [-0.05, 0) is 43.2 Å². The molecule has 0 unspecified atom stereocenters. The van der Waals surface area contributed by atoms with Crippen molar-refractivity contribution in [2.75, 3.05) is 12.4 Å². The third-order valence-corrected chi connectivity index (χ3v) is 3.96. The van der Waals surface area contributed by atoms with Crippen molar-refractivity contribution in [3.63, 3.8) is 0 Å². The quantitative estimate of drug-likeness (QED) is 0.729. The molecular formula is C18H21N5O. The molecule has 0 saturated heterocycles. The van der Waals surface area contributed by atoms with Gasteiger partial charge in [-0.3, -0.25) is 5.10 Å². The SMILES string of the molecule is COc1ccc(Cc2c(C)nc(NCc3ccn[nH]3)nc2C)cc1. The molecule has 24 heavy (non-hydrogen) atoms. The number of H-pyrrole nitrogens is 1. The molecule has 0 radical (unpaired) electrons. The lowest BCUT2D eigenvalue weighted by Crippen LogP contribution is -2.09. The van der Waals surface area contributed by atoms with Gasteiger partial charge in [0.1, 0.15) is 5.75 Å². The summed E-state index contributed by atoms with van der Waals surface area (Å²) < 4.78 is 5.20. The largest absolute Gasteiger partial charge is 0.497 e. The molecule has 0 atom stereocenters. The van der Waals surface area contributed by atoms with Crippen LogP contribution in [0.4, 0.5) is 5.95 Å². The van der Waals surface area contributed by atoms with Crippen molar-refractivity contribution in [1.29, 1.82) is 0 Å². The maximum absolute atomic E-state index is 5.20. The van der Waals surface area contributed by atoms with Crippen molar-refractivity contribution < 1.29 is 4.74 Å². The summed E-state index contributed by atoms with van der Waals surface area (Å²) in [6.07, 6.45) is 2.54. The zero-order chi connectivity index (χ0) is 16.9. The molecule has 0 fully saturated rings. The number of aromatic amines is 1. The summed E-state index contributed by atoms with van der Waals surface area (Å²) >= 11 is 0. The second-order valence-corrected chi connectivity index (χ2v) is 5.66. The van der Waals surface area contributed by atoms with E-state index in [4.69, 9.17) is 4.74 Å². The lowest BCUT2D eigenvalue weighted by atomic mass is 10.0. The molecule has 2 aromatic heterocycles. The van der Waals surface area contributed by atoms with Gasteiger partial charge in [0.25, 0.3) is 0 Å². The molecule has 2 heterocycles. The van der Waals surface area contributed by atoms with Crippen LogP contribution in [-0.2, 0) is 13.0 Å². The monoisotopic (exact) mass is 323 g/mol. The molecule has 3 rings (SSSR count). The molecule has 0 aliphatic carbocycles. The molecule has 2 N–H and O–H groups in total. The van der Waals surface area contributed by atoms with Crippen LogP contribution in [0.25, 0.3) is 0 Å². The molecule has 1 aromatic carbocycles. The number of nitrogens with zero attached hydrogens (tertiary/aromatic N) is 3. The van der Waals surface area contributed by atoms with E-state index < -0.39 is 0 Å². The topological polar surface area (TPSA) is 75.7 Å². The van der Waals surface area contributed by atoms with Gasteiger partial charge < -0.3 is 10.1 Å². The number of methoxy groups -OCH3 is 1. The summed E-state index contributed by atoms with van der Waals surface area (Å²) in [6, 6.07) is 10.0. The van der Waals surface area contributed by atoms with Crippen LogP contribution < -0.4 is 10.1 Å². The van der Waals surface area contributed by atoms with Crippen LogP contribution in [0.1, 0.15) is 28.2 Å². The molecule has 6 heteroatoms. The third-order valence-electron chi connectivity index (χ3n) is 3.96. The van der Waals surface area contributed by atoms with Gasteiger partial charge in [0.05, 0.1) is 19.3 Å². The summed E-state index contributed by atoms with van der Waals surface area (Å²) in [5.41, 5.74) is 5.35. The van der Waals surface area contributed by atoms with Gasteiger partial charge in [-0.25, -0.2) is 9.97 Å². The van der Waals surface area contributed by atoms with E-state index in [1.807, 2.05) is 32.0 Å². The van der Waals surface area contributed by atoms with Gasteiger partial charge in [-0.15, -0.1) is 0 Å². The van der Waals surface area contributed by atoms with E-state index in [-0.39, 0.29) is 0 Å². The maximum atomic E-state index is 5.20. The number of ether oxygens (including phenoxy) is 1. The van der Waals surface area contributed by atoms with Crippen LogP contribution in [0.15, 0.2) is 36.5 Å². The fourth-order valence-electron chi connectivity index (χ4n) is 2.58. The Balaban J connectivity index is 1.73. The minimum atomic E-state index is 0.622. The molecule has 0 amide bonds. The highest BCUT2D eigenvalue weighted by Crippen LogP contribution is 2.19. The van der Waals surface area contributed by atoms with Crippen LogP contribution in [0, 0.1) is 13.8 Å². The van der Waals surface area contributed by atoms with E-state index in [1.165, 1.54) is 5.56 Å². The highest BCUT2D eigenvalue weighted by atomic mass is 16.5. The average molecular weight is 323 g/mol. The van der Waals surface area contributed by atoms with Crippen LogP contribution in [0.5, 0.6) is 5.75 Å². The first-order chi connectivity index (χ1) is 11.7. The van der Waals surface area contributed by atoms with E-state index in [0.29, 0.717) is 12.5 Å². The Morgan fingerprint density at radius 1 is 1.04 bits per heavy atom. The van der Waals surface area contributed by atoms with Crippen LogP contribution in [-0.4, -0.2) is 27.3 Å². The summed E-state index contributed by atoms with van der Waals surface area (Å²) in [5.74, 6) is 1.50. The Hall–Kier alpha value is -2.89. The fraction of sp³-hybridized carbons (Fsp3) is 0.278. The predicted octanol–water partition coefficient (Wildman–Crippen LogP) is 3.03. The second-order valence-electron chi connectivity index (χ2n) is 5.66. The molecule has 124 valence electrons. The number of benzene rings is 1. The number of aryl methyl sites for hydroxylation is 2. The first kappa shape index (κ1) is 16.0. The third kappa shape index (κ3) is 3.71. The maximum Gasteiger partial charge on any atom is 0.223 e. The molecule has 6 nitrogen and oxygen atoms in total. The van der Waals surface area contributed by atoms with Crippen LogP contribution >= 0.6 is 0 Å². The number of hydrogen-bond donors (Lipinski definition) is 2. The Bertz CT molecular complexity index is 774. The summed E-state index contributed by atoms with van der Waals surface area (Å²) in [6.45, 7) is 4.67. The van der Waals surface area contributed by atoms with Gasteiger partial charge in [-0.1, -0.05) is 12.1 Å². The number of nitrogens with one attached hydrogen (secondary N) is 2. The van der Waals surface area contributed by atoms with Gasteiger partial charge >= 0.3 is 0 Å². The standard InChI is InChI=1S/C18H21N5O/c1-12-17(10-14-4-6-16(24-3)7-5-14)13(2)22-18(21-12)19-11-15-8-9-20-23-15/h4-9H,10-11H2,1-3H3,(H,20,23)(H,19,21,22). The average Bonchev–Trinajstić information content (AvgIpc) is 3.10. The van der Waals surface area contributed by atoms with Crippen LogP contribution in [0.2, 0.25) is 0 Å². The highest BCUT2D eigenvalue weighted by molar-refractivity contribution is 5.38. The fourth-order valence-corrected chi connectivity index (χ4v) is 2.58. The van der Waals surface area contributed by atoms with Crippen molar-refractivity contribution in [2.24, 2.45) is 0 Å². The van der Waals surface area contributed by atoms with Crippen molar-refractivity contribution in [3.8, 4) is 5.75 Å². The first-order valence-electron chi connectivity index (χ1n) is 7.85. The van der Waals surface area contributed by atoms with Crippen molar-refractivity contribution >= 4 is 5.95 Å². The normalized spacial score (nSPS) is 10.6. The van der Waals surface area contributed by atoms with Crippen LogP contribution in [0.3, 0.4) is 0 Å². The minimum Gasteiger partial charge on any atom is -0.497 e. The molecule has 0 bridgehead atoms. The zero-order valence-corrected chi connectivity index (χ0v) is 14.1. The smallest absolute Gasteiger partial charge is 0.223 e. The van der Waals surface area contributed by atoms with Crippen molar-refractivity contribution in [2.45, 2.75) is 26.8 Å². The summed E-state index contributed by atoms with van der Waals surface area (Å²) in [7, 11) is 1.67. The molecular weight excluding hydrogens is 302 g/mol. The predicted molar refractivity (Wildman–Crippen MR) is 93.2 cm³/mol. The Morgan fingerprint density at radius 3 is 2.33 bits per heavy atom. The number of rotatable bonds is 6. The lowest BCUT2D eigenvalue weighted by molar-refractivity contribution is 0.414. The first-order valence-corrected chi connectivity index (χ1v) is 7.85. The summed E-state index contributed by atoms with van der Waals surface area (Å²) in [4.78, 5) is 9.16. The Labute approximate surface area is 141 Å². The van der Waals surface area contributed by atoms with Gasteiger partial charge in [0.2, 0.25) is 5.95 Å². The van der Waals surface area contributed by atoms with E-state index in [1.54, 1.807) is 13.3 Å². The molecule has 3 aromatic rings. The van der Waals surface area contributed by atoms with Crippen molar-refractivity contribution in [1.82, 2.24) is 20.2 Å². The highest BCUT2D eigenvalue weighted by Gasteiger charge is 2.10. The molecule has 0 aliphatic rings. The van der Waals surface area contributed by atoms with Crippen molar-refractivity contribution in [3.05, 3.63) is 64.7 Å². The van der Waals surface area contributed by atoms with E-state index in [2.05, 4.69) is 37.6 Å². The van der Waals surface area contributed by atoms with Gasteiger partial charge in [0.15, 0.2) is 0 Å².